The van der Waals surface area contributed by atoms with E-state index in [1.807, 2.05) is 6.08 Å². The van der Waals surface area contributed by atoms with E-state index in [1.54, 1.807) is 12.5 Å². The van der Waals surface area contributed by atoms with Crippen LogP contribution in [-0.4, -0.2) is 16.9 Å². The molecular weight excluding hydrogens is 134 g/mol. The number of carbonyl (C=O) groups excluding carboxylic acids is 1. The molecule has 1 rings (SSSR count). The van der Waals surface area contributed by atoms with E-state index in [9.17, 15) is 4.79 Å². The van der Waals surface area contributed by atoms with Crippen LogP contribution in [0.15, 0.2) is 17.3 Å². The van der Waals surface area contributed by atoms with Gasteiger partial charge in [0.1, 0.15) is 5.71 Å². The molecule has 0 aromatic heterocycles. The summed E-state index contributed by atoms with van der Waals surface area (Å²) in [5.74, 6) is 0. The van der Waals surface area contributed by atoms with Gasteiger partial charge in [0.15, 0.2) is 0 Å². The zero-order chi connectivity index (χ0) is 6.69. The SMILES string of the molecule is O=[C]C1=NC=CCC1=S. The van der Waals surface area contributed by atoms with Crippen molar-refractivity contribution in [3.05, 3.63) is 12.3 Å². The van der Waals surface area contributed by atoms with E-state index in [2.05, 4.69) is 4.99 Å². The maximum Gasteiger partial charge on any atom is 0.254 e. The fourth-order valence-corrected chi connectivity index (χ4v) is 0.730. The highest BCUT2D eigenvalue weighted by molar-refractivity contribution is 7.82. The summed E-state index contributed by atoms with van der Waals surface area (Å²) in [4.78, 5) is 14.3. The van der Waals surface area contributed by atoms with Crippen LogP contribution in [0.2, 0.25) is 0 Å². The van der Waals surface area contributed by atoms with Crippen molar-refractivity contribution in [2.45, 2.75) is 6.42 Å². The maximum absolute atomic E-state index is 9.99. The van der Waals surface area contributed by atoms with Crippen LogP contribution < -0.4 is 0 Å². The van der Waals surface area contributed by atoms with Gasteiger partial charge in [-0.2, -0.15) is 0 Å². The Kier molecular flexibility index (Phi) is 1.85. The molecular formula is C6H4NOS. The first-order valence-corrected chi connectivity index (χ1v) is 2.89. The molecule has 1 aliphatic heterocycles. The summed E-state index contributed by atoms with van der Waals surface area (Å²) in [5.41, 5.74) is 0.271. The highest BCUT2D eigenvalue weighted by Crippen LogP contribution is 1.98. The van der Waals surface area contributed by atoms with Crippen LogP contribution in [0.5, 0.6) is 0 Å². The number of aliphatic imine (C=N–C) groups is 1. The van der Waals surface area contributed by atoms with Crippen LogP contribution in [0.4, 0.5) is 0 Å². The second-order valence-corrected chi connectivity index (χ2v) is 2.08. The fraction of sp³-hybridized carbons (Fsp3) is 0.167. The summed E-state index contributed by atoms with van der Waals surface area (Å²) >= 11 is 4.78. The molecule has 0 amide bonds. The lowest BCUT2D eigenvalue weighted by atomic mass is 10.2. The predicted molar refractivity (Wildman–Crippen MR) is 39.5 cm³/mol. The summed E-state index contributed by atoms with van der Waals surface area (Å²) in [6.07, 6.45) is 5.68. The maximum atomic E-state index is 9.99. The molecule has 0 fully saturated rings. The van der Waals surface area contributed by atoms with Crippen LogP contribution in [0, 0.1) is 0 Å². The standard InChI is InChI=1S/C6H4NOS/c8-4-5-6(9)2-1-3-7-5/h1,3H,2H2. The molecule has 45 valence electrons. The van der Waals surface area contributed by atoms with Gasteiger partial charge in [-0.3, -0.25) is 9.79 Å². The summed E-state index contributed by atoms with van der Waals surface area (Å²) < 4.78 is 0. The largest absolute Gasteiger partial charge is 0.283 e. The number of thiocarbonyl (C=S) groups is 1. The van der Waals surface area contributed by atoms with Gasteiger partial charge in [0, 0.05) is 17.5 Å². The van der Waals surface area contributed by atoms with E-state index in [-0.39, 0.29) is 5.71 Å². The minimum absolute atomic E-state index is 0.271. The minimum atomic E-state index is 0.271. The van der Waals surface area contributed by atoms with Gasteiger partial charge in [-0.25, -0.2) is 0 Å². The smallest absolute Gasteiger partial charge is 0.254 e. The second-order valence-electron chi connectivity index (χ2n) is 1.59. The summed E-state index contributed by atoms with van der Waals surface area (Å²) in [7, 11) is 0. The van der Waals surface area contributed by atoms with Gasteiger partial charge in [0.25, 0.3) is 6.29 Å². The van der Waals surface area contributed by atoms with Gasteiger partial charge >= 0.3 is 0 Å². The van der Waals surface area contributed by atoms with E-state index < -0.39 is 0 Å². The highest BCUT2D eigenvalue weighted by atomic mass is 32.1. The van der Waals surface area contributed by atoms with E-state index in [4.69, 9.17) is 12.2 Å². The van der Waals surface area contributed by atoms with E-state index >= 15 is 0 Å². The average Bonchev–Trinajstić information content (AvgIpc) is 1.89. The number of hydrogen-bond acceptors (Lipinski definition) is 3. The minimum Gasteiger partial charge on any atom is -0.283 e. The monoisotopic (exact) mass is 138 g/mol. The quantitative estimate of drug-likeness (QED) is 0.502. The Morgan fingerprint density at radius 3 is 3.00 bits per heavy atom. The summed E-state index contributed by atoms with van der Waals surface area (Å²) in [5, 5.41) is 0. The summed E-state index contributed by atoms with van der Waals surface area (Å²) in [6.45, 7) is 0. The number of rotatable bonds is 1. The second kappa shape index (κ2) is 2.64. The first-order valence-electron chi connectivity index (χ1n) is 2.49. The molecule has 0 bridgehead atoms. The van der Waals surface area contributed by atoms with Crippen LogP contribution in [0.1, 0.15) is 6.42 Å². The van der Waals surface area contributed by atoms with Crippen LogP contribution in [0.3, 0.4) is 0 Å². The lowest BCUT2D eigenvalue weighted by Crippen LogP contribution is -2.13. The third kappa shape index (κ3) is 1.29. The molecule has 0 aliphatic carbocycles. The Labute approximate surface area is 58.3 Å². The van der Waals surface area contributed by atoms with Gasteiger partial charge in [-0.1, -0.05) is 18.3 Å². The van der Waals surface area contributed by atoms with Crippen molar-refractivity contribution in [1.82, 2.24) is 0 Å². The topological polar surface area (TPSA) is 29.4 Å². The van der Waals surface area contributed by atoms with Crippen LogP contribution in [0.25, 0.3) is 0 Å². The first kappa shape index (κ1) is 6.29. The Bertz CT molecular complexity index is 205. The first-order chi connectivity index (χ1) is 4.34. The molecule has 1 radical (unpaired) electrons. The Balaban J connectivity index is 2.86. The Morgan fingerprint density at radius 2 is 2.56 bits per heavy atom. The number of allylic oxidation sites excluding steroid dienone is 1. The lowest BCUT2D eigenvalue weighted by molar-refractivity contribution is 0.567. The van der Waals surface area contributed by atoms with Crippen molar-refractivity contribution < 1.29 is 4.79 Å². The van der Waals surface area contributed by atoms with Gasteiger partial charge in [0.2, 0.25) is 0 Å². The molecule has 0 N–H and O–H groups in total. The molecule has 0 saturated heterocycles. The Morgan fingerprint density at radius 1 is 1.78 bits per heavy atom. The van der Waals surface area contributed by atoms with E-state index in [1.165, 1.54) is 0 Å². The molecule has 0 aromatic rings. The van der Waals surface area contributed by atoms with Gasteiger partial charge in [-0.15, -0.1) is 0 Å². The van der Waals surface area contributed by atoms with Crippen molar-refractivity contribution in [3.8, 4) is 0 Å². The van der Waals surface area contributed by atoms with Crippen molar-refractivity contribution in [3.63, 3.8) is 0 Å². The number of hydrogen-bond donors (Lipinski definition) is 0. The van der Waals surface area contributed by atoms with Crippen molar-refractivity contribution >= 4 is 29.1 Å². The molecule has 3 heteroatoms. The molecule has 1 aliphatic rings. The molecule has 0 unspecified atom stereocenters. The molecule has 2 nitrogen and oxygen atoms in total. The normalized spacial score (nSPS) is 17.3. The van der Waals surface area contributed by atoms with Crippen LogP contribution >= 0.6 is 12.2 Å². The van der Waals surface area contributed by atoms with Crippen molar-refractivity contribution in [2.75, 3.05) is 0 Å². The highest BCUT2D eigenvalue weighted by Gasteiger charge is 2.06. The van der Waals surface area contributed by atoms with Crippen LogP contribution in [-0.2, 0) is 4.79 Å². The number of nitrogens with zero attached hydrogens (tertiary/aromatic N) is 1. The van der Waals surface area contributed by atoms with Gasteiger partial charge in [0.05, 0.1) is 0 Å². The van der Waals surface area contributed by atoms with Crippen molar-refractivity contribution in [1.29, 1.82) is 0 Å². The summed E-state index contributed by atoms with van der Waals surface area (Å²) in [6, 6.07) is 0. The average molecular weight is 138 g/mol. The molecule has 1 heterocycles. The third-order valence-corrected chi connectivity index (χ3v) is 1.33. The molecule has 0 saturated carbocycles. The molecule has 0 spiro atoms. The van der Waals surface area contributed by atoms with E-state index in [0.29, 0.717) is 11.3 Å². The lowest BCUT2D eigenvalue weighted by Gasteiger charge is -1.98. The fourth-order valence-electron chi connectivity index (χ4n) is 0.539. The van der Waals surface area contributed by atoms with Crippen molar-refractivity contribution in [2.24, 2.45) is 4.99 Å². The van der Waals surface area contributed by atoms with Gasteiger partial charge < -0.3 is 0 Å². The zero-order valence-electron chi connectivity index (χ0n) is 4.63. The zero-order valence-corrected chi connectivity index (χ0v) is 5.44. The predicted octanol–water partition coefficient (Wildman–Crippen LogP) is 0.824. The molecule has 9 heavy (non-hydrogen) atoms. The third-order valence-electron chi connectivity index (χ3n) is 0.973. The Hall–Kier alpha value is -0.830. The molecule has 0 atom stereocenters. The molecule has 0 aromatic carbocycles. The van der Waals surface area contributed by atoms with Gasteiger partial charge in [-0.05, 0) is 0 Å². The van der Waals surface area contributed by atoms with E-state index in [0.717, 1.165) is 0 Å².